The normalized spacial score (nSPS) is 10.9. The summed E-state index contributed by atoms with van der Waals surface area (Å²) in [6.07, 6.45) is -4.09. The lowest BCUT2D eigenvalue weighted by molar-refractivity contribution is -0.327. The van der Waals surface area contributed by atoms with E-state index in [1.165, 1.54) is 13.8 Å². The van der Waals surface area contributed by atoms with Crippen LogP contribution in [0.25, 0.3) is 0 Å². The molecule has 0 aliphatic rings. The van der Waals surface area contributed by atoms with E-state index < -0.39 is 34.7 Å². The van der Waals surface area contributed by atoms with Gasteiger partial charge >= 0.3 is 12.4 Å². The van der Waals surface area contributed by atoms with Gasteiger partial charge < -0.3 is 14.1 Å². The molecule has 264 valence electrons. The Morgan fingerprint density at radius 3 is 1.00 bits per heavy atom. The lowest BCUT2D eigenvalue weighted by Gasteiger charge is -2.29. The van der Waals surface area contributed by atoms with Crippen LogP contribution >= 0.6 is 18.9 Å². The van der Waals surface area contributed by atoms with Gasteiger partial charge in [0.05, 0.1) is 0 Å². The lowest BCUT2D eigenvalue weighted by atomic mass is 9.92. The molecular formula is C29H59F6O5PS2. The summed E-state index contributed by atoms with van der Waals surface area (Å²) >= 11 is 1.75. The molecule has 0 atom stereocenters. The summed E-state index contributed by atoms with van der Waals surface area (Å²) in [5.74, 6) is 0.167. The van der Waals surface area contributed by atoms with Gasteiger partial charge in [0.15, 0.2) is 5.41 Å². The standard InChI is InChI=1S/C8H11OP.C5H6F6.C5H12.C3H6O.C2H6O2S.C2H6O.C2H6S.C2H6/c1-10(2,9)8-6-4-3-5-7-8;1-3(2,4(6,7)8)5(9,10)11;1-5(2,3)4;1-3(2)4;1-5(2,3)4;2*1-3-2;1-2/h3-7H,1-2H3;1-2H3;1-4H3;1-2H3;1-2H3;2*1-2H3;1-2H3. The van der Waals surface area contributed by atoms with E-state index in [1.54, 1.807) is 39.3 Å². The van der Waals surface area contributed by atoms with Crippen molar-refractivity contribution in [2.24, 2.45) is 10.8 Å². The molecule has 0 aromatic heterocycles. The van der Waals surface area contributed by atoms with Gasteiger partial charge in [-0.2, -0.15) is 38.1 Å². The number of ether oxygens (including phenoxy) is 1. The number of ketones is 1. The van der Waals surface area contributed by atoms with E-state index in [0.717, 1.165) is 17.8 Å². The van der Waals surface area contributed by atoms with E-state index in [4.69, 9.17) is 0 Å². The number of thioether (sulfide) groups is 1. The molecule has 0 saturated carbocycles. The van der Waals surface area contributed by atoms with E-state index in [0.29, 0.717) is 5.41 Å². The number of methoxy groups -OCH3 is 1. The first-order chi connectivity index (χ1) is 18.7. The molecule has 1 aromatic carbocycles. The summed E-state index contributed by atoms with van der Waals surface area (Å²) in [5, 5.41) is 0.954. The van der Waals surface area contributed by atoms with Gasteiger partial charge in [0.25, 0.3) is 0 Å². The summed E-state index contributed by atoms with van der Waals surface area (Å²) in [4.78, 5) is 9.44. The minimum Gasteiger partial charge on any atom is -0.388 e. The van der Waals surface area contributed by atoms with Crippen molar-refractivity contribution in [1.29, 1.82) is 0 Å². The Morgan fingerprint density at radius 1 is 0.767 bits per heavy atom. The number of benzene rings is 1. The van der Waals surface area contributed by atoms with Gasteiger partial charge in [-0.3, -0.25) is 0 Å². The van der Waals surface area contributed by atoms with Gasteiger partial charge in [0, 0.05) is 32.0 Å². The smallest absolute Gasteiger partial charge is 0.388 e. The third kappa shape index (κ3) is 64.9. The van der Waals surface area contributed by atoms with Gasteiger partial charge in [-0.05, 0) is 59.0 Å². The van der Waals surface area contributed by atoms with E-state index in [9.17, 15) is 44.1 Å². The van der Waals surface area contributed by atoms with Crippen LogP contribution in [0.5, 0.6) is 0 Å². The number of hydrogen-bond acceptors (Lipinski definition) is 6. The molecule has 5 nitrogen and oxygen atoms in total. The summed E-state index contributed by atoms with van der Waals surface area (Å²) in [6, 6.07) is 9.56. The molecule has 0 saturated heterocycles. The third-order valence-electron chi connectivity index (χ3n) is 2.80. The van der Waals surface area contributed by atoms with Crippen molar-refractivity contribution in [3.05, 3.63) is 30.3 Å². The van der Waals surface area contributed by atoms with Gasteiger partial charge in [-0.1, -0.05) is 71.9 Å². The number of halogens is 6. The van der Waals surface area contributed by atoms with Crippen molar-refractivity contribution < 1.29 is 48.9 Å². The molecule has 1 aromatic rings. The quantitative estimate of drug-likeness (QED) is 0.215. The topological polar surface area (TPSA) is 77.5 Å². The Balaban J connectivity index is -0.0000000740. The Bertz CT molecular complexity index is 870. The fraction of sp³-hybridized carbons (Fsp3) is 0.759. The minimum absolute atomic E-state index is 0.104. The first kappa shape index (κ1) is 57.6. The number of carbonyl (C=O) groups is 1. The second-order valence-corrected chi connectivity index (χ2v) is 17.5. The SMILES string of the molecule is CC.CC(C)(C(F)(F)F)C(F)(F)F.CC(C)(C)C.CC(C)=O.COC.CP(C)(=O)c1ccccc1.CS(C)(=O)=O.CSC. The van der Waals surface area contributed by atoms with Gasteiger partial charge in [0.2, 0.25) is 0 Å². The number of carbonyl (C=O) groups excluding carboxylic acids is 1. The van der Waals surface area contributed by atoms with Crippen molar-refractivity contribution in [2.75, 3.05) is 52.6 Å². The van der Waals surface area contributed by atoms with Crippen LogP contribution in [0.15, 0.2) is 30.3 Å². The maximum absolute atomic E-state index is 11.6. The molecule has 0 bridgehead atoms. The highest BCUT2D eigenvalue weighted by atomic mass is 32.2. The predicted molar refractivity (Wildman–Crippen MR) is 177 cm³/mol. The Kier molecular flexibility index (Phi) is 38.1. The van der Waals surface area contributed by atoms with Crippen LogP contribution in [0.3, 0.4) is 0 Å². The van der Waals surface area contributed by atoms with Gasteiger partial charge in [-0.15, -0.1) is 0 Å². The Hall–Kier alpha value is -1.04. The van der Waals surface area contributed by atoms with Crippen LogP contribution in [-0.2, 0) is 23.9 Å². The van der Waals surface area contributed by atoms with Crippen LogP contribution in [0.1, 0.15) is 69.2 Å². The predicted octanol–water partition coefficient (Wildman–Crippen LogP) is 9.65. The van der Waals surface area contributed by atoms with Crippen molar-refractivity contribution >= 4 is 39.8 Å². The average molecular weight is 697 g/mol. The third-order valence-corrected chi connectivity index (χ3v) is 4.34. The maximum atomic E-state index is 11.6. The highest BCUT2D eigenvalue weighted by Crippen LogP contribution is 2.49. The van der Waals surface area contributed by atoms with Crippen LogP contribution in [0.4, 0.5) is 26.3 Å². The highest BCUT2D eigenvalue weighted by Gasteiger charge is 2.64. The maximum Gasteiger partial charge on any atom is 0.402 e. The number of sulfone groups is 1. The zero-order valence-corrected chi connectivity index (χ0v) is 32.0. The van der Waals surface area contributed by atoms with Gasteiger partial charge in [0.1, 0.15) is 22.8 Å². The molecule has 0 aliphatic heterocycles. The summed E-state index contributed by atoms with van der Waals surface area (Å²) < 4.78 is 105. The van der Waals surface area contributed by atoms with Crippen molar-refractivity contribution in [1.82, 2.24) is 0 Å². The first-order valence-corrected chi connectivity index (χ1v) is 19.4. The molecule has 43 heavy (non-hydrogen) atoms. The fourth-order valence-electron chi connectivity index (χ4n) is 0.948. The van der Waals surface area contributed by atoms with Crippen LogP contribution in [-0.4, -0.2) is 79.1 Å². The van der Waals surface area contributed by atoms with Crippen LogP contribution in [0, 0.1) is 10.8 Å². The molecule has 14 heteroatoms. The largest absolute Gasteiger partial charge is 0.402 e. The monoisotopic (exact) mass is 696 g/mol. The summed E-state index contributed by atoms with van der Waals surface area (Å²) in [5.41, 5.74) is -3.12. The molecule has 1 rings (SSSR count). The first-order valence-electron chi connectivity index (χ1n) is 12.8. The molecule has 0 unspecified atom stereocenters. The van der Waals surface area contributed by atoms with E-state index in [-0.39, 0.29) is 19.6 Å². The average Bonchev–Trinajstić information content (AvgIpc) is 2.72. The molecule has 0 N–H and O–H groups in total. The van der Waals surface area contributed by atoms with Crippen molar-refractivity contribution in [2.45, 2.75) is 81.6 Å². The second kappa shape index (κ2) is 28.4. The lowest BCUT2D eigenvalue weighted by Crippen LogP contribution is -2.44. The van der Waals surface area contributed by atoms with E-state index >= 15 is 0 Å². The van der Waals surface area contributed by atoms with E-state index in [2.05, 4.69) is 32.4 Å². The number of hydrogen-bond donors (Lipinski definition) is 0. The molecule has 0 fully saturated rings. The minimum atomic E-state index is -5.24. The molecule has 0 amide bonds. The molecule has 0 aliphatic carbocycles. The molecule has 0 radical (unpaired) electrons. The zero-order valence-electron chi connectivity index (χ0n) is 29.5. The van der Waals surface area contributed by atoms with Crippen LogP contribution < -0.4 is 5.30 Å². The summed E-state index contributed by atoms with van der Waals surface area (Å²) in [7, 11) is -1.43. The number of alkyl halides is 6. The highest BCUT2D eigenvalue weighted by molar-refractivity contribution is 7.97. The van der Waals surface area contributed by atoms with E-state index in [1.807, 2.05) is 56.7 Å². The number of rotatable bonds is 1. The van der Waals surface area contributed by atoms with Crippen molar-refractivity contribution in [3.63, 3.8) is 0 Å². The Morgan fingerprint density at radius 2 is 0.930 bits per heavy atom. The molecular weight excluding hydrogens is 637 g/mol. The number of Topliss-reactive ketones (excluding diaryl/α,β-unsaturated/α-hetero) is 1. The van der Waals surface area contributed by atoms with Gasteiger partial charge in [-0.25, -0.2) is 8.42 Å². The second-order valence-electron chi connectivity index (χ2n) is 11.2. The fourth-order valence-corrected chi connectivity index (χ4v) is 1.84. The zero-order chi connectivity index (χ0) is 37.1. The molecule has 0 heterocycles. The van der Waals surface area contributed by atoms with Crippen LogP contribution in [0.2, 0.25) is 0 Å². The summed E-state index contributed by atoms with van der Waals surface area (Å²) in [6.45, 7) is 19.6. The Labute approximate surface area is 263 Å². The molecule has 0 spiro atoms. The van der Waals surface area contributed by atoms with Crippen molar-refractivity contribution in [3.8, 4) is 0 Å².